The average Bonchev–Trinajstić information content (AvgIpc) is 2.76. The summed E-state index contributed by atoms with van der Waals surface area (Å²) in [5, 5.41) is 0. The van der Waals surface area contributed by atoms with Crippen LogP contribution in [0, 0.1) is 0 Å². The van der Waals surface area contributed by atoms with Crippen LogP contribution in [0.15, 0.2) is 28.7 Å². The van der Waals surface area contributed by atoms with Crippen molar-refractivity contribution in [1.82, 2.24) is 9.80 Å². The van der Waals surface area contributed by atoms with E-state index in [0.29, 0.717) is 6.04 Å². The van der Waals surface area contributed by atoms with Crippen LogP contribution in [0.5, 0.6) is 0 Å². The summed E-state index contributed by atoms with van der Waals surface area (Å²) in [6, 6.07) is 10.2. The van der Waals surface area contributed by atoms with E-state index in [4.69, 9.17) is 0 Å². The van der Waals surface area contributed by atoms with Gasteiger partial charge in [0.05, 0.1) is 0 Å². The predicted molar refractivity (Wildman–Crippen MR) is 78.6 cm³/mol. The molecule has 0 bridgehead atoms. The molecule has 3 heteroatoms. The van der Waals surface area contributed by atoms with E-state index in [0.717, 1.165) is 12.6 Å². The summed E-state index contributed by atoms with van der Waals surface area (Å²) < 4.78 is 1.19. The number of nitrogens with zero attached hydrogens (tertiary/aromatic N) is 2. The van der Waals surface area contributed by atoms with Gasteiger partial charge in [0.25, 0.3) is 0 Å². The minimum Gasteiger partial charge on any atom is -0.298 e. The molecule has 2 heterocycles. The molecule has 2 fully saturated rings. The maximum atomic E-state index is 3.56. The number of hydrogen-bond acceptors (Lipinski definition) is 2. The first-order chi connectivity index (χ1) is 8.72. The maximum absolute atomic E-state index is 3.56. The second kappa shape index (κ2) is 5.32. The first-order valence-electron chi connectivity index (χ1n) is 6.95. The van der Waals surface area contributed by atoms with E-state index in [1.54, 1.807) is 0 Å². The van der Waals surface area contributed by atoms with Crippen LogP contribution < -0.4 is 0 Å². The molecule has 98 valence electrons. The molecule has 0 saturated carbocycles. The number of fused-ring (bicyclic) bond motifs is 1. The van der Waals surface area contributed by atoms with Gasteiger partial charge in [0.1, 0.15) is 0 Å². The normalized spacial score (nSPS) is 29.4. The van der Waals surface area contributed by atoms with Crippen LogP contribution in [0.2, 0.25) is 0 Å². The fourth-order valence-electron chi connectivity index (χ4n) is 3.34. The van der Waals surface area contributed by atoms with Gasteiger partial charge in [-0.15, -0.1) is 0 Å². The van der Waals surface area contributed by atoms with Crippen LogP contribution in [-0.2, 0) is 6.54 Å². The van der Waals surface area contributed by atoms with E-state index < -0.39 is 0 Å². The molecule has 2 saturated heterocycles. The summed E-state index contributed by atoms with van der Waals surface area (Å²) in [4.78, 5) is 5.33. The second-order valence-electron chi connectivity index (χ2n) is 5.70. The Bertz CT molecular complexity index is 421. The van der Waals surface area contributed by atoms with Crippen molar-refractivity contribution in [3.05, 3.63) is 34.3 Å². The zero-order chi connectivity index (χ0) is 12.5. The number of hydrogen-bond donors (Lipinski definition) is 0. The zero-order valence-electron chi connectivity index (χ0n) is 11.0. The lowest BCUT2D eigenvalue weighted by atomic mass is 10.1. The molecular weight excluding hydrogens is 288 g/mol. The van der Waals surface area contributed by atoms with Crippen LogP contribution in [0.3, 0.4) is 0 Å². The summed E-state index contributed by atoms with van der Waals surface area (Å²) in [6.45, 7) is 7.27. The molecular formula is C15H21BrN2. The predicted octanol–water partition coefficient (Wildman–Crippen LogP) is 3.12. The van der Waals surface area contributed by atoms with Crippen molar-refractivity contribution in [2.75, 3.05) is 19.6 Å². The average molecular weight is 309 g/mol. The fourth-order valence-corrected chi connectivity index (χ4v) is 3.78. The third-order valence-electron chi connectivity index (χ3n) is 4.34. The molecule has 0 aliphatic carbocycles. The molecule has 0 amide bonds. The van der Waals surface area contributed by atoms with Gasteiger partial charge >= 0.3 is 0 Å². The topological polar surface area (TPSA) is 6.48 Å². The standard InChI is InChI=1S/C15H21BrN2/c1-12-9-17-7-3-6-15(17)11-18(12)10-13-4-2-5-14(16)8-13/h2,4-5,8,12,15H,3,6-7,9-11H2,1H3. The Labute approximate surface area is 118 Å². The van der Waals surface area contributed by atoms with Crippen molar-refractivity contribution >= 4 is 15.9 Å². The molecule has 2 atom stereocenters. The number of halogens is 1. The Morgan fingerprint density at radius 1 is 1.33 bits per heavy atom. The lowest BCUT2D eigenvalue weighted by Gasteiger charge is -2.42. The van der Waals surface area contributed by atoms with Crippen molar-refractivity contribution in [3.8, 4) is 0 Å². The van der Waals surface area contributed by atoms with Gasteiger partial charge in [-0.2, -0.15) is 0 Å². The molecule has 2 aliphatic heterocycles. The smallest absolute Gasteiger partial charge is 0.0238 e. The molecule has 0 N–H and O–H groups in total. The van der Waals surface area contributed by atoms with Crippen molar-refractivity contribution in [3.63, 3.8) is 0 Å². The summed E-state index contributed by atoms with van der Waals surface area (Å²) in [5.41, 5.74) is 1.42. The van der Waals surface area contributed by atoms with Gasteiger partial charge in [-0.25, -0.2) is 0 Å². The summed E-state index contributed by atoms with van der Waals surface area (Å²) in [5.74, 6) is 0. The van der Waals surface area contributed by atoms with Gasteiger partial charge in [-0.1, -0.05) is 28.1 Å². The summed E-state index contributed by atoms with van der Waals surface area (Å²) in [6.07, 6.45) is 2.78. The van der Waals surface area contributed by atoms with Gasteiger partial charge in [-0.05, 0) is 44.0 Å². The molecule has 1 aromatic carbocycles. The molecule has 2 aliphatic rings. The van der Waals surface area contributed by atoms with E-state index in [9.17, 15) is 0 Å². The lowest BCUT2D eigenvalue weighted by Crippen LogP contribution is -2.54. The molecule has 0 radical (unpaired) electrons. The van der Waals surface area contributed by atoms with E-state index in [-0.39, 0.29) is 0 Å². The van der Waals surface area contributed by atoms with Crippen LogP contribution in [0.25, 0.3) is 0 Å². The van der Waals surface area contributed by atoms with Crippen LogP contribution in [0.1, 0.15) is 25.3 Å². The Kier molecular flexibility index (Phi) is 3.73. The monoisotopic (exact) mass is 308 g/mol. The van der Waals surface area contributed by atoms with Crippen LogP contribution >= 0.6 is 15.9 Å². The molecule has 0 aromatic heterocycles. The van der Waals surface area contributed by atoms with Crippen LogP contribution in [0.4, 0.5) is 0 Å². The number of rotatable bonds is 2. The highest BCUT2D eigenvalue weighted by Crippen LogP contribution is 2.26. The van der Waals surface area contributed by atoms with Crippen LogP contribution in [-0.4, -0.2) is 41.5 Å². The van der Waals surface area contributed by atoms with Crippen molar-refractivity contribution < 1.29 is 0 Å². The Balaban J connectivity index is 1.68. The van der Waals surface area contributed by atoms with Gasteiger partial charge in [-0.3, -0.25) is 9.80 Å². The van der Waals surface area contributed by atoms with E-state index >= 15 is 0 Å². The minimum absolute atomic E-state index is 0.679. The highest BCUT2D eigenvalue weighted by molar-refractivity contribution is 9.10. The number of benzene rings is 1. The fraction of sp³-hybridized carbons (Fsp3) is 0.600. The third-order valence-corrected chi connectivity index (χ3v) is 4.83. The molecule has 2 unspecified atom stereocenters. The first-order valence-corrected chi connectivity index (χ1v) is 7.74. The number of piperazine rings is 1. The van der Waals surface area contributed by atoms with Crippen molar-refractivity contribution in [1.29, 1.82) is 0 Å². The minimum atomic E-state index is 0.679. The quantitative estimate of drug-likeness (QED) is 0.828. The largest absolute Gasteiger partial charge is 0.298 e. The molecule has 2 nitrogen and oxygen atoms in total. The van der Waals surface area contributed by atoms with Gasteiger partial charge in [0, 0.05) is 36.2 Å². The highest BCUT2D eigenvalue weighted by atomic mass is 79.9. The van der Waals surface area contributed by atoms with Crippen molar-refractivity contribution in [2.45, 2.75) is 38.4 Å². The highest BCUT2D eigenvalue weighted by Gasteiger charge is 2.34. The lowest BCUT2D eigenvalue weighted by molar-refractivity contribution is 0.0540. The molecule has 18 heavy (non-hydrogen) atoms. The molecule has 3 rings (SSSR count). The maximum Gasteiger partial charge on any atom is 0.0238 e. The van der Waals surface area contributed by atoms with E-state index in [1.807, 2.05) is 0 Å². The van der Waals surface area contributed by atoms with E-state index in [1.165, 1.54) is 42.5 Å². The Morgan fingerprint density at radius 3 is 3.06 bits per heavy atom. The Hall–Kier alpha value is -0.380. The second-order valence-corrected chi connectivity index (χ2v) is 6.62. The van der Waals surface area contributed by atoms with E-state index in [2.05, 4.69) is 56.9 Å². The van der Waals surface area contributed by atoms with Gasteiger partial charge in [0.15, 0.2) is 0 Å². The summed E-state index contributed by atoms with van der Waals surface area (Å²) in [7, 11) is 0. The van der Waals surface area contributed by atoms with Gasteiger partial charge in [0.2, 0.25) is 0 Å². The zero-order valence-corrected chi connectivity index (χ0v) is 12.6. The molecule has 1 aromatic rings. The Morgan fingerprint density at radius 2 is 2.22 bits per heavy atom. The van der Waals surface area contributed by atoms with Gasteiger partial charge < -0.3 is 0 Å². The first kappa shape index (κ1) is 12.6. The summed E-state index contributed by atoms with van der Waals surface area (Å²) >= 11 is 3.56. The SMILES string of the molecule is CC1CN2CCCC2CN1Cc1cccc(Br)c1. The third kappa shape index (κ3) is 2.63. The van der Waals surface area contributed by atoms with Crippen molar-refractivity contribution in [2.24, 2.45) is 0 Å². The molecule has 0 spiro atoms.